The summed E-state index contributed by atoms with van der Waals surface area (Å²) in [6, 6.07) is 2.13. The van der Waals surface area contributed by atoms with E-state index in [1.54, 1.807) is 12.3 Å². The first-order valence-electron chi connectivity index (χ1n) is 5.23. The second-order valence-electron chi connectivity index (χ2n) is 4.08. The monoisotopic (exact) mass is 215 g/mol. The van der Waals surface area contributed by atoms with Gasteiger partial charge in [-0.05, 0) is 25.7 Å². The number of nitrogens with zero attached hydrogens (tertiary/aromatic N) is 2. The zero-order chi connectivity index (χ0) is 10.8. The molecule has 1 heterocycles. The largest absolute Gasteiger partial charge is 0.366 e. The Labute approximate surface area is 87.5 Å². The molecule has 1 N–H and O–H groups in total. The first-order chi connectivity index (χ1) is 7.15. The summed E-state index contributed by atoms with van der Waals surface area (Å²) in [5, 5.41) is 7.25. The molecule has 1 aromatic heterocycles. The van der Waals surface area contributed by atoms with Crippen molar-refractivity contribution in [2.45, 2.75) is 38.8 Å². The van der Waals surface area contributed by atoms with Gasteiger partial charge in [0.1, 0.15) is 12.4 Å². The number of hydrogen-bond donors (Lipinski definition) is 1. The molecule has 0 aliphatic heterocycles. The molecule has 0 saturated heterocycles. The van der Waals surface area contributed by atoms with Crippen molar-refractivity contribution in [3.8, 4) is 0 Å². The Hall–Kier alpha value is -1.13. The Morgan fingerprint density at radius 1 is 1.60 bits per heavy atom. The fraction of sp³-hybridized carbons (Fsp3) is 0.700. The maximum absolute atomic E-state index is 12.0. The first-order valence-corrected chi connectivity index (χ1v) is 5.23. The van der Waals surface area contributed by atoms with E-state index in [0.29, 0.717) is 11.9 Å². The molecule has 1 aliphatic carbocycles. The van der Waals surface area contributed by atoms with Crippen molar-refractivity contribution in [1.82, 2.24) is 9.78 Å². The second kappa shape index (κ2) is 4.16. The number of halogens is 2. The van der Waals surface area contributed by atoms with Crippen molar-refractivity contribution in [2.24, 2.45) is 5.92 Å². The van der Waals surface area contributed by atoms with Gasteiger partial charge in [-0.3, -0.25) is 4.68 Å². The molecule has 3 nitrogen and oxygen atoms in total. The van der Waals surface area contributed by atoms with Gasteiger partial charge in [0, 0.05) is 18.3 Å². The number of alkyl halides is 2. The molecule has 0 aromatic carbocycles. The predicted octanol–water partition coefficient (Wildman–Crippen LogP) is 2.36. The van der Waals surface area contributed by atoms with Gasteiger partial charge in [-0.25, -0.2) is 8.78 Å². The Kier molecular flexibility index (Phi) is 2.88. The number of anilines is 1. The van der Waals surface area contributed by atoms with Crippen molar-refractivity contribution < 1.29 is 8.78 Å². The molecule has 1 aromatic rings. The van der Waals surface area contributed by atoms with Gasteiger partial charge in [0.05, 0.1) is 0 Å². The average Bonchev–Trinajstić information content (AvgIpc) is 2.90. The lowest BCUT2D eigenvalue weighted by Crippen LogP contribution is -2.18. The Bertz CT molecular complexity index is 320. The quantitative estimate of drug-likeness (QED) is 0.817. The highest BCUT2D eigenvalue weighted by Gasteiger charge is 2.28. The van der Waals surface area contributed by atoms with Crippen LogP contribution in [0.15, 0.2) is 12.3 Å². The lowest BCUT2D eigenvalue weighted by atomic mass is 10.2. The first kappa shape index (κ1) is 10.4. The number of rotatable bonds is 5. The van der Waals surface area contributed by atoms with E-state index in [9.17, 15) is 8.78 Å². The van der Waals surface area contributed by atoms with Crippen molar-refractivity contribution >= 4 is 5.82 Å². The highest BCUT2D eigenvalue weighted by Crippen LogP contribution is 2.33. The number of aromatic nitrogens is 2. The SMILES string of the molecule is CC(Nc1ccn(CC(F)F)n1)C1CC1. The van der Waals surface area contributed by atoms with Crippen LogP contribution in [-0.4, -0.2) is 22.2 Å². The topological polar surface area (TPSA) is 29.9 Å². The Morgan fingerprint density at radius 3 is 2.93 bits per heavy atom. The molecule has 1 aliphatic rings. The lowest BCUT2D eigenvalue weighted by Gasteiger charge is -2.11. The standard InChI is InChI=1S/C10H15F2N3/c1-7(8-2-3-8)13-10-4-5-15(14-10)6-9(11)12/h4-5,7-9H,2-3,6H2,1H3,(H,13,14). The van der Waals surface area contributed by atoms with E-state index in [4.69, 9.17) is 0 Å². The van der Waals surface area contributed by atoms with E-state index in [1.807, 2.05) is 0 Å². The van der Waals surface area contributed by atoms with Gasteiger partial charge in [0.15, 0.2) is 0 Å². The smallest absolute Gasteiger partial charge is 0.257 e. The fourth-order valence-electron chi connectivity index (χ4n) is 1.63. The van der Waals surface area contributed by atoms with E-state index in [2.05, 4.69) is 17.3 Å². The zero-order valence-corrected chi connectivity index (χ0v) is 8.66. The van der Waals surface area contributed by atoms with Crippen LogP contribution in [0.4, 0.5) is 14.6 Å². The summed E-state index contributed by atoms with van der Waals surface area (Å²) in [4.78, 5) is 0. The van der Waals surface area contributed by atoms with Gasteiger partial charge < -0.3 is 5.32 Å². The van der Waals surface area contributed by atoms with Crippen LogP contribution in [0, 0.1) is 5.92 Å². The molecule has 0 radical (unpaired) electrons. The summed E-state index contributed by atoms with van der Waals surface area (Å²) in [5.41, 5.74) is 0. The van der Waals surface area contributed by atoms with Crippen LogP contribution >= 0.6 is 0 Å². The highest BCUT2D eigenvalue weighted by atomic mass is 19.3. The summed E-state index contributed by atoms with van der Waals surface area (Å²) >= 11 is 0. The van der Waals surface area contributed by atoms with Gasteiger partial charge in [-0.1, -0.05) is 0 Å². The summed E-state index contributed by atoms with van der Waals surface area (Å²) in [6.45, 7) is 1.77. The number of hydrogen-bond acceptors (Lipinski definition) is 2. The highest BCUT2D eigenvalue weighted by molar-refractivity contribution is 5.33. The maximum Gasteiger partial charge on any atom is 0.257 e. The molecule has 84 valence electrons. The molecule has 15 heavy (non-hydrogen) atoms. The molecule has 1 atom stereocenters. The molecule has 1 unspecified atom stereocenters. The van der Waals surface area contributed by atoms with E-state index in [-0.39, 0.29) is 6.54 Å². The average molecular weight is 215 g/mol. The van der Waals surface area contributed by atoms with Crippen LogP contribution < -0.4 is 5.32 Å². The van der Waals surface area contributed by atoms with Crippen LogP contribution in [0.2, 0.25) is 0 Å². The van der Waals surface area contributed by atoms with Crippen LogP contribution in [0.1, 0.15) is 19.8 Å². The number of nitrogens with one attached hydrogen (secondary N) is 1. The summed E-state index contributed by atoms with van der Waals surface area (Å²) in [7, 11) is 0. The van der Waals surface area contributed by atoms with E-state index < -0.39 is 6.43 Å². The molecular formula is C10H15F2N3. The van der Waals surface area contributed by atoms with Crippen LogP contribution in [0.25, 0.3) is 0 Å². The lowest BCUT2D eigenvalue weighted by molar-refractivity contribution is 0.122. The molecule has 0 amide bonds. The van der Waals surface area contributed by atoms with E-state index in [1.165, 1.54) is 17.5 Å². The summed E-state index contributed by atoms with van der Waals surface area (Å²) in [6.07, 6.45) is 1.74. The zero-order valence-electron chi connectivity index (χ0n) is 8.66. The molecular weight excluding hydrogens is 200 g/mol. The van der Waals surface area contributed by atoms with Crippen LogP contribution in [0.5, 0.6) is 0 Å². The normalized spacial score (nSPS) is 18.1. The minimum absolute atomic E-state index is 0.334. The molecule has 5 heteroatoms. The Balaban J connectivity index is 1.88. The minimum atomic E-state index is -2.35. The van der Waals surface area contributed by atoms with Gasteiger partial charge in [-0.15, -0.1) is 0 Å². The van der Waals surface area contributed by atoms with E-state index >= 15 is 0 Å². The summed E-state index contributed by atoms with van der Waals surface area (Å²) < 4.78 is 25.4. The third kappa shape index (κ3) is 2.91. The van der Waals surface area contributed by atoms with Gasteiger partial charge >= 0.3 is 0 Å². The fourth-order valence-corrected chi connectivity index (χ4v) is 1.63. The van der Waals surface area contributed by atoms with Gasteiger partial charge in [0.25, 0.3) is 6.43 Å². The molecule has 1 saturated carbocycles. The van der Waals surface area contributed by atoms with Crippen molar-refractivity contribution in [1.29, 1.82) is 0 Å². The van der Waals surface area contributed by atoms with E-state index in [0.717, 1.165) is 5.92 Å². The molecule has 1 fully saturated rings. The third-order valence-corrected chi connectivity index (χ3v) is 2.67. The predicted molar refractivity (Wildman–Crippen MR) is 54.0 cm³/mol. The van der Waals surface area contributed by atoms with Crippen molar-refractivity contribution in [3.05, 3.63) is 12.3 Å². The van der Waals surface area contributed by atoms with Gasteiger partial charge in [0.2, 0.25) is 0 Å². The third-order valence-electron chi connectivity index (χ3n) is 2.67. The minimum Gasteiger partial charge on any atom is -0.366 e. The van der Waals surface area contributed by atoms with Crippen LogP contribution in [-0.2, 0) is 6.54 Å². The van der Waals surface area contributed by atoms with Crippen LogP contribution in [0.3, 0.4) is 0 Å². The van der Waals surface area contributed by atoms with Gasteiger partial charge in [-0.2, -0.15) is 5.10 Å². The molecule has 2 rings (SSSR count). The second-order valence-corrected chi connectivity index (χ2v) is 4.08. The van der Waals surface area contributed by atoms with Crippen molar-refractivity contribution in [2.75, 3.05) is 5.32 Å². The molecule has 0 bridgehead atoms. The van der Waals surface area contributed by atoms with Crippen molar-refractivity contribution in [3.63, 3.8) is 0 Å². The molecule has 0 spiro atoms. The summed E-state index contributed by atoms with van der Waals surface area (Å²) in [5.74, 6) is 1.42. The Morgan fingerprint density at radius 2 is 2.33 bits per heavy atom. The maximum atomic E-state index is 12.0.